The number of hydrogen-bond acceptors (Lipinski definition) is 5. The Bertz CT molecular complexity index is 680. The molecule has 3 aromatic rings. The zero-order valence-electron chi connectivity index (χ0n) is 11.0. The molecule has 2 heterocycles. The first-order valence-corrected chi connectivity index (χ1v) is 7.03. The quantitative estimate of drug-likeness (QED) is 0.737. The molecule has 4 nitrogen and oxygen atoms in total. The molecule has 5 heteroatoms. The van der Waals surface area contributed by atoms with Gasteiger partial charge in [0.25, 0.3) is 0 Å². The van der Waals surface area contributed by atoms with Crippen molar-refractivity contribution in [3.05, 3.63) is 59.2 Å². The van der Waals surface area contributed by atoms with Gasteiger partial charge in [0.2, 0.25) is 0 Å². The molecule has 0 aliphatic carbocycles. The number of aromatic nitrogens is 3. The van der Waals surface area contributed by atoms with Gasteiger partial charge in [-0.15, -0.1) is 10.2 Å². The molecule has 20 heavy (non-hydrogen) atoms. The summed E-state index contributed by atoms with van der Waals surface area (Å²) in [7, 11) is 1.67. The molecular weight excluding hydrogens is 270 g/mol. The summed E-state index contributed by atoms with van der Waals surface area (Å²) < 4.78 is 5.15. The highest BCUT2D eigenvalue weighted by Crippen LogP contribution is 2.23. The Morgan fingerprint density at radius 3 is 2.60 bits per heavy atom. The summed E-state index contributed by atoms with van der Waals surface area (Å²) >= 11 is 1.57. The van der Waals surface area contributed by atoms with Gasteiger partial charge in [0.15, 0.2) is 5.01 Å². The van der Waals surface area contributed by atoms with Crippen LogP contribution in [0.15, 0.2) is 48.7 Å². The Labute approximate surface area is 121 Å². The van der Waals surface area contributed by atoms with Gasteiger partial charge < -0.3 is 4.74 Å². The maximum absolute atomic E-state index is 5.15. The molecule has 100 valence electrons. The summed E-state index contributed by atoms with van der Waals surface area (Å²) in [4.78, 5) is 4.28. The lowest BCUT2D eigenvalue weighted by Gasteiger charge is -2.00. The van der Waals surface area contributed by atoms with E-state index >= 15 is 0 Å². The summed E-state index contributed by atoms with van der Waals surface area (Å²) in [6.07, 6.45) is 2.54. The summed E-state index contributed by atoms with van der Waals surface area (Å²) in [5.41, 5.74) is 2.06. The van der Waals surface area contributed by atoms with Crippen LogP contribution in [0.4, 0.5) is 0 Å². The Morgan fingerprint density at radius 2 is 1.90 bits per heavy atom. The second-order valence-corrected chi connectivity index (χ2v) is 5.30. The molecule has 0 aliphatic rings. The van der Waals surface area contributed by atoms with Crippen molar-refractivity contribution in [2.75, 3.05) is 7.11 Å². The summed E-state index contributed by atoms with van der Waals surface area (Å²) in [5, 5.41) is 10.3. The van der Waals surface area contributed by atoms with Gasteiger partial charge in [-0.2, -0.15) is 0 Å². The van der Waals surface area contributed by atoms with Crippen molar-refractivity contribution in [1.29, 1.82) is 0 Å². The number of methoxy groups -OCH3 is 1. The largest absolute Gasteiger partial charge is 0.497 e. The lowest BCUT2D eigenvalue weighted by atomic mass is 10.1. The van der Waals surface area contributed by atoms with Crippen molar-refractivity contribution in [1.82, 2.24) is 15.2 Å². The lowest BCUT2D eigenvalue weighted by Crippen LogP contribution is -1.88. The van der Waals surface area contributed by atoms with E-state index in [1.54, 1.807) is 24.6 Å². The second kappa shape index (κ2) is 5.79. The van der Waals surface area contributed by atoms with Crippen molar-refractivity contribution in [3.63, 3.8) is 0 Å². The smallest absolute Gasteiger partial charge is 0.166 e. The van der Waals surface area contributed by atoms with Gasteiger partial charge in [0, 0.05) is 12.6 Å². The van der Waals surface area contributed by atoms with Gasteiger partial charge in [0.05, 0.1) is 7.11 Å². The Kier molecular flexibility index (Phi) is 3.69. The van der Waals surface area contributed by atoms with Crippen LogP contribution in [-0.4, -0.2) is 22.3 Å². The maximum atomic E-state index is 5.15. The van der Waals surface area contributed by atoms with Crippen LogP contribution in [-0.2, 0) is 6.42 Å². The van der Waals surface area contributed by atoms with Crippen LogP contribution >= 0.6 is 11.3 Å². The standard InChI is InChI=1S/C15H13N3OS/c1-19-12-7-5-11(6-8-12)10-14-17-18-15(20-14)13-4-2-3-9-16-13/h2-9H,10H2,1H3. The van der Waals surface area contributed by atoms with E-state index < -0.39 is 0 Å². The van der Waals surface area contributed by atoms with Crippen molar-refractivity contribution in [2.24, 2.45) is 0 Å². The molecule has 2 aromatic heterocycles. The van der Waals surface area contributed by atoms with E-state index in [1.165, 1.54) is 5.56 Å². The number of benzene rings is 1. The van der Waals surface area contributed by atoms with Crippen LogP contribution in [0.5, 0.6) is 5.75 Å². The number of ether oxygens (including phenoxy) is 1. The molecule has 0 atom stereocenters. The SMILES string of the molecule is COc1ccc(Cc2nnc(-c3ccccn3)s2)cc1. The second-order valence-electron chi connectivity index (χ2n) is 4.24. The Hall–Kier alpha value is -2.27. The Morgan fingerprint density at radius 1 is 1.05 bits per heavy atom. The average molecular weight is 283 g/mol. The number of hydrogen-bond donors (Lipinski definition) is 0. The number of nitrogens with zero attached hydrogens (tertiary/aromatic N) is 3. The fourth-order valence-corrected chi connectivity index (χ4v) is 2.69. The molecule has 0 spiro atoms. The molecule has 1 aromatic carbocycles. The van der Waals surface area contributed by atoms with Gasteiger partial charge in [-0.3, -0.25) is 4.98 Å². The minimum atomic E-state index is 0.772. The predicted octanol–water partition coefficient (Wildman–Crippen LogP) is 3.20. The van der Waals surface area contributed by atoms with Crippen LogP contribution in [0.1, 0.15) is 10.6 Å². The molecule has 0 aliphatic heterocycles. The third kappa shape index (κ3) is 2.83. The van der Waals surface area contributed by atoms with Crippen LogP contribution in [0, 0.1) is 0 Å². The van der Waals surface area contributed by atoms with E-state index in [1.807, 2.05) is 42.5 Å². The highest BCUT2D eigenvalue weighted by molar-refractivity contribution is 7.14. The highest BCUT2D eigenvalue weighted by Gasteiger charge is 2.08. The fraction of sp³-hybridized carbons (Fsp3) is 0.133. The van der Waals surface area contributed by atoms with Gasteiger partial charge in [-0.05, 0) is 29.8 Å². The summed E-state index contributed by atoms with van der Waals surface area (Å²) in [6.45, 7) is 0. The molecule has 0 saturated carbocycles. The molecule has 0 fully saturated rings. The average Bonchev–Trinajstić information content (AvgIpc) is 2.97. The maximum Gasteiger partial charge on any atom is 0.166 e. The fourth-order valence-electron chi connectivity index (χ4n) is 1.84. The van der Waals surface area contributed by atoms with Crippen LogP contribution in [0.25, 0.3) is 10.7 Å². The van der Waals surface area contributed by atoms with Gasteiger partial charge in [-0.1, -0.05) is 29.5 Å². The van der Waals surface area contributed by atoms with Crippen molar-refractivity contribution in [2.45, 2.75) is 6.42 Å². The van der Waals surface area contributed by atoms with E-state index in [0.717, 1.165) is 27.9 Å². The third-order valence-corrected chi connectivity index (χ3v) is 3.81. The van der Waals surface area contributed by atoms with Crippen molar-refractivity contribution in [3.8, 4) is 16.5 Å². The van der Waals surface area contributed by atoms with E-state index in [2.05, 4.69) is 15.2 Å². The first-order chi connectivity index (χ1) is 9.85. The van der Waals surface area contributed by atoms with Crippen molar-refractivity contribution >= 4 is 11.3 Å². The zero-order valence-corrected chi connectivity index (χ0v) is 11.8. The van der Waals surface area contributed by atoms with Crippen LogP contribution in [0.2, 0.25) is 0 Å². The van der Waals surface area contributed by atoms with Gasteiger partial charge in [-0.25, -0.2) is 0 Å². The number of pyridine rings is 1. The van der Waals surface area contributed by atoms with E-state index in [9.17, 15) is 0 Å². The van der Waals surface area contributed by atoms with E-state index in [-0.39, 0.29) is 0 Å². The number of rotatable bonds is 4. The van der Waals surface area contributed by atoms with Gasteiger partial charge in [0.1, 0.15) is 16.5 Å². The summed E-state index contributed by atoms with van der Waals surface area (Å²) in [5.74, 6) is 0.861. The van der Waals surface area contributed by atoms with Gasteiger partial charge >= 0.3 is 0 Å². The molecule has 0 unspecified atom stereocenters. The van der Waals surface area contributed by atoms with E-state index in [0.29, 0.717) is 0 Å². The highest BCUT2D eigenvalue weighted by atomic mass is 32.1. The molecule has 0 amide bonds. The first-order valence-electron chi connectivity index (χ1n) is 6.22. The monoisotopic (exact) mass is 283 g/mol. The molecular formula is C15H13N3OS. The molecule has 0 radical (unpaired) electrons. The predicted molar refractivity (Wildman–Crippen MR) is 78.9 cm³/mol. The lowest BCUT2D eigenvalue weighted by molar-refractivity contribution is 0.414. The molecule has 0 bridgehead atoms. The topological polar surface area (TPSA) is 47.9 Å². The first kappa shape index (κ1) is 12.7. The zero-order chi connectivity index (χ0) is 13.8. The Balaban J connectivity index is 1.77. The van der Waals surface area contributed by atoms with Crippen molar-refractivity contribution < 1.29 is 4.74 Å². The van der Waals surface area contributed by atoms with E-state index in [4.69, 9.17) is 4.74 Å². The third-order valence-electron chi connectivity index (χ3n) is 2.87. The minimum absolute atomic E-state index is 0.772. The summed E-state index contributed by atoms with van der Waals surface area (Å²) in [6, 6.07) is 13.8. The normalized spacial score (nSPS) is 10.4. The molecule has 3 rings (SSSR count). The van der Waals surface area contributed by atoms with Crippen LogP contribution < -0.4 is 4.74 Å². The molecule has 0 saturated heterocycles. The van der Waals surface area contributed by atoms with Crippen LogP contribution in [0.3, 0.4) is 0 Å². The minimum Gasteiger partial charge on any atom is -0.497 e. The molecule has 0 N–H and O–H groups in total.